The van der Waals surface area contributed by atoms with Crippen molar-refractivity contribution in [1.29, 1.82) is 0 Å². The highest BCUT2D eigenvalue weighted by Crippen LogP contribution is 2.27. The first kappa shape index (κ1) is 17.9. The van der Waals surface area contributed by atoms with E-state index in [1.807, 2.05) is 55.5 Å². The molecule has 1 aliphatic heterocycles. The van der Waals surface area contributed by atoms with Crippen molar-refractivity contribution in [2.45, 2.75) is 13.0 Å². The molecule has 1 saturated heterocycles. The van der Waals surface area contributed by atoms with Crippen molar-refractivity contribution in [2.75, 3.05) is 32.8 Å². The lowest BCUT2D eigenvalue weighted by Crippen LogP contribution is -2.44. The van der Waals surface area contributed by atoms with Gasteiger partial charge in [0.2, 0.25) is 0 Å². The van der Waals surface area contributed by atoms with Gasteiger partial charge in [0.1, 0.15) is 0 Å². The number of benzene rings is 2. The van der Waals surface area contributed by atoms with Gasteiger partial charge in [-0.05, 0) is 30.7 Å². The highest BCUT2D eigenvalue weighted by molar-refractivity contribution is 6.31. The molecule has 0 aromatic heterocycles. The summed E-state index contributed by atoms with van der Waals surface area (Å²) < 4.78 is 5.46. The summed E-state index contributed by atoms with van der Waals surface area (Å²) >= 11 is 6.42. The summed E-state index contributed by atoms with van der Waals surface area (Å²) in [7, 11) is 0. The van der Waals surface area contributed by atoms with E-state index in [9.17, 15) is 4.79 Å². The number of ether oxygens (including phenoxy) is 1. The molecule has 4 nitrogen and oxygen atoms in total. The van der Waals surface area contributed by atoms with Crippen molar-refractivity contribution in [1.82, 2.24) is 10.2 Å². The predicted molar refractivity (Wildman–Crippen MR) is 100 cm³/mol. The smallest absolute Gasteiger partial charge is 0.251 e. The fourth-order valence-electron chi connectivity index (χ4n) is 3.07. The van der Waals surface area contributed by atoms with Crippen LogP contribution in [0.1, 0.15) is 27.5 Å². The lowest BCUT2D eigenvalue weighted by atomic mass is 10.0. The van der Waals surface area contributed by atoms with Crippen LogP contribution in [0.25, 0.3) is 0 Å². The van der Waals surface area contributed by atoms with E-state index in [0.717, 1.165) is 29.2 Å². The van der Waals surface area contributed by atoms with Crippen LogP contribution in [0.5, 0.6) is 0 Å². The number of morpholine rings is 1. The molecule has 0 aliphatic carbocycles. The van der Waals surface area contributed by atoms with Gasteiger partial charge in [0, 0.05) is 30.2 Å². The van der Waals surface area contributed by atoms with E-state index in [2.05, 4.69) is 10.2 Å². The molecule has 1 amide bonds. The fraction of sp³-hybridized carbons (Fsp3) is 0.350. The Hall–Kier alpha value is -1.88. The van der Waals surface area contributed by atoms with Crippen LogP contribution in [0.3, 0.4) is 0 Å². The fourth-order valence-corrected chi connectivity index (χ4v) is 3.33. The van der Waals surface area contributed by atoms with Gasteiger partial charge in [0.15, 0.2) is 0 Å². The van der Waals surface area contributed by atoms with Gasteiger partial charge in [-0.2, -0.15) is 0 Å². The Balaban J connectivity index is 1.74. The number of nitrogens with one attached hydrogen (secondary N) is 1. The molecule has 3 rings (SSSR count). The molecule has 2 aromatic rings. The average molecular weight is 359 g/mol. The third-order valence-electron chi connectivity index (χ3n) is 4.52. The first-order valence-electron chi connectivity index (χ1n) is 8.56. The average Bonchev–Trinajstić information content (AvgIpc) is 2.64. The number of rotatable bonds is 5. The second-order valence-corrected chi connectivity index (χ2v) is 6.67. The van der Waals surface area contributed by atoms with Crippen LogP contribution >= 0.6 is 11.6 Å². The van der Waals surface area contributed by atoms with E-state index >= 15 is 0 Å². The number of halogens is 1. The van der Waals surface area contributed by atoms with E-state index in [0.29, 0.717) is 25.3 Å². The number of hydrogen-bond donors (Lipinski definition) is 1. The van der Waals surface area contributed by atoms with Crippen LogP contribution < -0.4 is 5.32 Å². The molecule has 0 saturated carbocycles. The molecule has 2 aromatic carbocycles. The Morgan fingerprint density at radius 2 is 1.84 bits per heavy atom. The van der Waals surface area contributed by atoms with Crippen LogP contribution in [-0.4, -0.2) is 43.7 Å². The van der Waals surface area contributed by atoms with Crippen molar-refractivity contribution >= 4 is 17.5 Å². The Labute approximate surface area is 153 Å². The maximum atomic E-state index is 12.5. The zero-order valence-corrected chi connectivity index (χ0v) is 15.1. The van der Waals surface area contributed by atoms with Gasteiger partial charge in [-0.3, -0.25) is 9.69 Å². The van der Waals surface area contributed by atoms with E-state index in [1.165, 1.54) is 0 Å². The molecule has 0 bridgehead atoms. The third-order valence-corrected chi connectivity index (χ3v) is 4.86. The minimum Gasteiger partial charge on any atom is -0.379 e. The monoisotopic (exact) mass is 358 g/mol. The molecule has 132 valence electrons. The molecule has 1 N–H and O–H groups in total. The first-order valence-corrected chi connectivity index (χ1v) is 8.94. The second-order valence-electron chi connectivity index (χ2n) is 6.26. The van der Waals surface area contributed by atoms with Crippen molar-refractivity contribution in [2.24, 2.45) is 0 Å². The van der Waals surface area contributed by atoms with Crippen LogP contribution in [0.15, 0.2) is 48.5 Å². The summed E-state index contributed by atoms with van der Waals surface area (Å²) in [4.78, 5) is 14.8. The number of amides is 1. The van der Waals surface area contributed by atoms with Crippen molar-refractivity contribution < 1.29 is 9.53 Å². The first-order chi connectivity index (χ1) is 12.1. The number of carbonyl (C=O) groups excluding carboxylic acids is 1. The van der Waals surface area contributed by atoms with Gasteiger partial charge in [0.25, 0.3) is 5.91 Å². The van der Waals surface area contributed by atoms with Crippen LogP contribution in [0, 0.1) is 6.92 Å². The van der Waals surface area contributed by atoms with Crippen molar-refractivity contribution in [3.05, 3.63) is 70.2 Å². The molecule has 0 spiro atoms. The molecule has 1 fully saturated rings. The highest BCUT2D eigenvalue weighted by Gasteiger charge is 2.24. The van der Waals surface area contributed by atoms with Crippen LogP contribution in [0.2, 0.25) is 5.02 Å². The maximum absolute atomic E-state index is 12.5. The van der Waals surface area contributed by atoms with Gasteiger partial charge in [0.05, 0.1) is 19.3 Å². The molecule has 1 atom stereocenters. The van der Waals surface area contributed by atoms with Crippen molar-refractivity contribution in [3.63, 3.8) is 0 Å². The Morgan fingerprint density at radius 3 is 2.52 bits per heavy atom. The van der Waals surface area contributed by atoms with Crippen LogP contribution in [-0.2, 0) is 4.74 Å². The molecule has 0 radical (unpaired) electrons. The van der Waals surface area contributed by atoms with Gasteiger partial charge in [-0.15, -0.1) is 0 Å². The maximum Gasteiger partial charge on any atom is 0.251 e. The molecule has 5 heteroatoms. The summed E-state index contributed by atoms with van der Waals surface area (Å²) in [5.41, 5.74) is 2.85. The Kier molecular flexibility index (Phi) is 6.08. The van der Waals surface area contributed by atoms with Gasteiger partial charge in [-0.1, -0.05) is 47.5 Å². The summed E-state index contributed by atoms with van der Waals surface area (Å²) in [5.74, 6) is -0.0645. The molecule has 1 heterocycles. The summed E-state index contributed by atoms with van der Waals surface area (Å²) in [6.07, 6.45) is 0. The molecular weight excluding hydrogens is 336 g/mol. The minimum absolute atomic E-state index is 0.0343. The predicted octanol–water partition coefficient (Wildman–Crippen LogP) is 3.45. The molecular formula is C20H23ClN2O2. The van der Waals surface area contributed by atoms with E-state index < -0.39 is 0 Å². The lowest BCUT2D eigenvalue weighted by Gasteiger charge is -2.35. The normalized spacial score (nSPS) is 16.4. The zero-order valence-electron chi connectivity index (χ0n) is 14.4. The SMILES string of the molecule is Cc1ccc(C(=O)NCC(c2ccccc2Cl)N2CCOCC2)cc1. The van der Waals surface area contributed by atoms with E-state index in [1.54, 1.807) is 0 Å². The van der Waals surface area contributed by atoms with Crippen LogP contribution in [0.4, 0.5) is 0 Å². The van der Waals surface area contributed by atoms with Crippen molar-refractivity contribution in [3.8, 4) is 0 Å². The topological polar surface area (TPSA) is 41.6 Å². The largest absolute Gasteiger partial charge is 0.379 e. The number of hydrogen-bond acceptors (Lipinski definition) is 3. The van der Waals surface area contributed by atoms with Gasteiger partial charge in [-0.25, -0.2) is 0 Å². The second kappa shape index (κ2) is 8.48. The quantitative estimate of drug-likeness (QED) is 0.890. The number of aryl methyl sites for hydroxylation is 1. The lowest BCUT2D eigenvalue weighted by molar-refractivity contribution is 0.0162. The highest BCUT2D eigenvalue weighted by atomic mass is 35.5. The summed E-state index contributed by atoms with van der Waals surface area (Å²) in [6, 6.07) is 15.5. The Morgan fingerprint density at radius 1 is 1.16 bits per heavy atom. The molecule has 1 unspecified atom stereocenters. The standard InChI is InChI=1S/C20H23ClN2O2/c1-15-6-8-16(9-7-15)20(24)22-14-19(23-10-12-25-13-11-23)17-4-2-3-5-18(17)21/h2-9,19H,10-14H2,1H3,(H,22,24). The summed E-state index contributed by atoms with van der Waals surface area (Å²) in [6.45, 7) is 5.58. The van der Waals surface area contributed by atoms with E-state index in [4.69, 9.17) is 16.3 Å². The molecule has 1 aliphatic rings. The Bertz CT molecular complexity index is 712. The van der Waals surface area contributed by atoms with E-state index in [-0.39, 0.29) is 11.9 Å². The molecule has 25 heavy (non-hydrogen) atoms. The van der Waals surface area contributed by atoms with Gasteiger partial charge < -0.3 is 10.1 Å². The minimum atomic E-state index is -0.0645. The van der Waals surface area contributed by atoms with Gasteiger partial charge >= 0.3 is 0 Å². The number of carbonyl (C=O) groups is 1. The number of nitrogens with zero attached hydrogens (tertiary/aromatic N) is 1. The zero-order chi connectivity index (χ0) is 17.6. The third kappa shape index (κ3) is 4.60. The summed E-state index contributed by atoms with van der Waals surface area (Å²) in [5, 5.41) is 3.79.